The van der Waals surface area contributed by atoms with Gasteiger partial charge in [0.2, 0.25) is 5.91 Å². The number of aromatic nitrogens is 2. The van der Waals surface area contributed by atoms with E-state index in [1.165, 1.54) is 6.07 Å². The molecule has 0 spiro atoms. The van der Waals surface area contributed by atoms with Crippen LogP contribution in [0.15, 0.2) is 26.3 Å². The molecule has 2 aromatic rings. The summed E-state index contributed by atoms with van der Waals surface area (Å²) < 4.78 is 29.2. The molecule has 6 nitrogen and oxygen atoms in total. The number of carbonyl (C=O) groups is 1. The Labute approximate surface area is 140 Å². The molecule has 0 bridgehead atoms. The molecule has 0 aromatic carbocycles. The van der Waals surface area contributed by atoms with E-state index in [-0.39, 0.29) is 10.1 Å². The third-order valence-electron chi connectivity index (χ3n) is 3.76. The van der Waals surface area contributed by atoms with Crippen LogP contribution >= 0.6 is 27.3 Å². The molecular formula is C13H14BrN3O3S2. The standard InChI is InChI=1S/C13H14BrN3O3S2/c1-17-11-4-8(2-3-9(11)6-15-17)13(18)16-22(19,20)12-5-10(14)7-21-12/h5-8H,2-4H2,1H3,(H,16,18). The van der Waals surface area contributed by atoms with Crippen molar-refractivity contribution in [2.24, 2.45) is 13.0 Å². The number of aryl methyl sites for hydroxylation is 2. The Balaban J connectivity index is 1.74. The van der Waals surface area contributed by atoms with Gasteiger partial charge in [-0.3, -0.25) is 9.48 Å². The molecule has 3 rings (SSSR count). The number of nitrogens with one attached hydrogen (secondary N) is 1. The van der Waals surface area contributed by atoms with Gasteiger partial charge in [-0.05, 0) is 40.4 Å². The van der Waals surface area contributed by atoms with Crippen LogP contribution in [0.5, 0.6) is 0 Å². The number of sulfonamides is 1. The molecule has 0 saturated heterocycles. The highest BCUT2D eigenvalue weighted by molar-refractivity contribution is 9.10. The first-order valence-corrected chi connectivity index (χ1v) is 9.83. The summed E-state index contributed by atoms with van der Waals surface area (Å²) in [6, 6.07) is 1.49. The highest BCUT2D eigenvalue weighted by Gasteiger charge is 2.30. The van der Waals surface area contributed by atoms with Crippen LogP contribution < -0.4 is 4.72 Å². The van der Waals surface area contributed by atoms with Gasteiger partial charge in [-0.15, -0.1) is 11.3 Å². The first-order chi connectivity index (χ1) is 10.4. The number of thiophene rings is 1. The molecule has 2 heterocycles. The van der Waals surface area contributed by atoms with Crippen LogP contribution in [0.3, 0.4) is 0 Å². The lowest BCUT2D eigenvalue weighted by atomic mass is 9.87. The van der Waals surface area contributed by atoms with Crippen molar-refractivity contribution in [1.82, 2.24) is 14.5 Å². The van der Waals surface area contributed by atoms with Gasteiger partial charge in [-0.1, -0.05) is 0 Å². The molecule has 1 aliphatic rings. The molecular weight excluding hydrogens is 390 g/mol. The van der Waals surface area contributed by atoms with E-state index in [0.717, 1.165) is 29.0 Å². The van der Waals surface area contributed by atoms with Gasteiger partial charge >= 0.3 is 0 Å². The van der Waals surface area contributed by atoms with Gasteiger partial charge in [0.05, 0.1) is 6.20 Å². The predicted molar refractivity (Wildman–Crippen MR) is 86.1 cm³/mol. The lowest BCUT2D eigenvalue weighted by Gasteiger charge is -2.21. The van der Waals surface area contributed by atoms with E-state index < -0.39 is 15.9 Å². The van der Waals surface area contributed by atoms with Crippen molar-refractivity contribution in [3.63, 3.8) is 0 Å². The summed E-state index contributed by atoms with van der Waals surface area (Å²) in [5, 5.41) is 5.85. The number of amides is 1. The minimum Gasteiger partial charge on any atom is -0.274 e. The van der Waals surface area contributed by atoms with Crippen molar-refractivity contribution in [1.29, 1.82) is 0 Å². The lowest BCUT2D eigenvalue weighted by Crippen LogP contribution is -2.37. The Kier molecular flexibility index (Phi) is 4.13. The summed E-state index contributed by atoms with van der Waals surface area (Å²) in [6.07, 6.45) is 3.70. The van der Waals surface area contributed by atoms with Gasteiger partial charge in [0.25, 0.3) is 10.0 Å². The zero-order valence-electron chi connectivity index (χ0n) is 11.7. The summed E-state index contributed by atoms with van der Waals surface area (Å²) in [4.78, 5) is 12.3. The van der Waals surface area contributed by atoms with E-state index in [4.69, 9.17) is 0 Å². The normalized spacial score (nSPS) is 18.0. The molecule has 0 aliphatic heterocycles. The minimum absolute atomic E-state index is 0.129. The molecule has 0 fully saturated rings. The molecule has 0 saturated carbocycles. The van der Waals surface area contributed by atoms with E-state index >= 15 is 0 Å². The number of nitrogens with zero attached hydrogens (tertiary/aromatic N) is 2. The van der Waals surface area contributed by atoms with E-state index in [1.54, 1.807) is 10.1 Å². The molecule has 1 unspecified atom stereocenters. The van der Waals surface area contributed by atoms with Crippen LogP contribution in [0.4, 0.5) is 0 Å². The highest BCUT2D eigenvalue weighted by Crippen LogP contribution is 2.27. The topological polar surface area (TPSA) is 81.1 Å². The second-order valence-corrected chi connectivity index (χ2v) is 8.97. The van der Waals surface area contributed by atoms with Crippen LogP contribution in [0.25, 0.3) is 0 Å². The maximum absolute atomic E-state index is 12.3. The van der Waals surface area contributed by atoms with Gasteiger partial charge in [0.1, 0.15) is 4.21 Å². The van der Waals surface area contributed by atoms with Crippen molar-refractivity contribution in [3.8, 4) is 0 Å². The van der Waals surface area contributed by atoms with E-state index in [1.807, 2.05) is 13.2 Å². The number of hydrogen-bond acceptors (Lipinski definition) is 5. The van der Waals surface area contributed by atoms with Gasteiger partial charge < -0.3 is 0 Å². The number of hydrogen-bond donors (Lipinski definition) is 1. The summed E-state index contributed by atoms with van der Waals surface area (Å²) in [5.41, 5.74) is 2.14. The second-order valence-electron chi connectivity index (χ2n) is 5.23. The first kappa shape index (κ1) is 15.7. The molecule has 22 heavy (non-hydrogen) atoms. The third-order valence-corrected chi connectivity index (χ3v) is 7.31. The Hall–Kier alpha value is -1.19. The molecule has 2 aromatic heterocycles. The third kappa shape index (κ3) is 2.97. The van der Waals surface area contributed by atoms with Crippen LogP contribution in [-0.2, 0) is 34.7 Å². The van der Waals surface area contributed by atoms with Crippen molar-refractivity contribution in [2.75, 3.05) is 0 Å². The molecule has 1 aliphatic carbocycles. The fourth-order valence-corrected chi connectivity index (χ4v) is 5.47. The van der Waals surface area contributed by atoms with Gasteiger partial charge in [0, 0.05) is 34.9 Å². The van der Waals surface area contributed by atoms with Gasteiger partial charge in [-0.2, -0.15) is 5.10 Å². The van der Waals surface area contributed by atoms with Crippen molar-refractivity contribution in [2.45, 2.75) is 23.5 Å². The number of halogens is 1. The molecule has 0 radical (unpaired) electrons. The monoisotopic (exact) mass is 403 g/mol. The highest BCUT2D eigenvalue weighted by atomic mass is 79.9. The van der Waals surface area contributed by atoms with Crippen LogP contribution in [-0.4, -0.2) is 24.1 Å². The first-order valence-electron chi connectivity index (χ1n) is 6.67. The number of rotatable bonds is 3. The van der Waals surface area contributed by atoms with Crippen molar-refractivity contribution < 1.29 is 13.2 Å². The average Bonchev–Trinajstić information content (AvgIpc) is 3.05. The van der Waals surface area contributed by atoms with E-state index in [9.17, 15) is 13.2 Å². The van der Waals surface area contributed by atoms with Crippen molar-refractivity contribution in [3.05, 3.63) is 33.4 Å². The largest absolute Gasteiger partial charge is 0.274 e. The molecule has 1 N–H and O–H groups in total. The van der Waals surface area contributed by atoms with Crippen LogP contribution in [0.2, 0.25) is 0 Å². The van der Waals surface area contributed by atoms with Gasteiger partial charge in [-0.25, -0.2) is 13.1 Å². The summed E-state index contributed by atoms with van der Waals surface area (Å²) in [7, 11) is -1.96. The number of fused-ring (bicyclic) bond motifs is 1. The Morgan fingerprint density at radius 2 is 2.32 bits per heavy atom. The maximum Gasteiger partial charge on any atom is 0.273 e. The van der Waals surface area contributed by atoms with Crippen LogP contribution in [0, 0.1) is 5.92 Å². The zero-order chi connectivity index (χ0) is 15.9. The zero-order valence-corrected chi connectivity index (χ0v) is 15.0. The van der Waals surface area contributed by atoms with E-state index in [0.29, 0.717) is 17.3 Å². The lowest BCUT2D eigenvalue weighted by molar-refractivity contribution is -0.123. The molecule has 1 atom stereocenters. The smallest absolute Gasteiger partial charge is 0.273 e. The van der Waals surface area contributed by atoms with Crippen molar-refractivity contribution >= 4 is 43.2 Å². The number of carbonyl (C=O) groups excluding carboxylic acids is 1. The predicted octanol–water partition coefficient (Wildman–Crippen LogP) is 1.85. The Morgan fingerprint density at radius 3 is 3.00 bits per heavy atom. The molecule has 1 amide bonds. The second kappa shape index (κ2) is 5.78. The Bertz CT molecular complexity index is 825. The van der Waals surface area contributed by atoms with Crippen LogP contribution in [0.1, 0.15) is 17.7 Å². The SMILES string of the molecule is Cn1ncc2c1CC(C(=O)NS(=O)(=O)c1cc(Br)cs1)CC2. The minimum atomic E-state index is -3.80. The molecule has 9 heteroatoms. The molecule has 118 valence electrons. The fraction of sp³-hybridized carbons (Fsp3) is 0.385. The summed E-state index contributed by atoms with van der Waals surface area (Å²) in [5.74, 6) is -0.794. The Morgan fingerprint density at radius 1 is 1.55 bits per heavy atom. The fourth-order valence-electron chi connectivity index (χ4n) is 2.57. The summed E-state index contributed by atoms with van der Waals surface area (Å²) in [6.45, 7) is 0. The maximum atomic E-state index is 12.3. The van der Waals surface area contributed by atoms with E-state index in [2.05, 4.69) is 25.8 Å². The van der Waals surface area contributed by atoms with Gasteiger partial charge in [0.15, 0.2) is 0 Å². The average molecular weight is 404 g/mol. The quantitative estimate of drug-likeness (QED) is 0.847. The summed E-state index contributed by atoms with van der Waals surface area (Å²) >= 11 is 4.29.